The Morgan fingerprint density at radius 2 is 1.71 bits per heavy atom. The summed E-state index contributed by atoms with van der Waals surface area (Å²) < 4.78 is 66.8. The van der Waals surface area contributed by atoms with Gasteiger partial charge in [-0.2, -0.15) is 17.5 Å². The van der Waals surface area contributed by atoms with Gasteiger partial charge < -0.3 is 15.1 Å². The zero-order valence-corrected chi connectivity index (χ0v) is 18.3. The minimum absolute atomic E-state index is 0.124. The summed E-state index contributed by atoms with van der Waals surface area (Å²) in [5.74, 6) is 0. The Kier molecular flexibility index (Phi) is 6.64. The van der Waals surface area contributed by atoms with Crippen LogP contribution in [0, 0.1) is 0 Å². The van der Waals surface area contributed by atoms with Crippen LogP contribution in [0.1, 0.15) is 12.5 Å². The molecule has 0 aromatic heterocycles. The van der Waals surface area contributed by atoms with Crippen LogP contribution in [0.4, 0.5) is 18.9 Å². The Morgan fingerprint density at radius 3 is 2.23 bits per heavy atom. The summed E-state index contributed by atoms with van der Waals surface area (Å²) in [6.07, 6.45) is -5.03. The Labute approximate surface area is 184 Å². The molecule has 2 aromatic carbocycles. The van der Waals surface area contributed by atoms with E-state index in [1.807, 2.05) is 11.8 Å². The van der Waals surface area contributed by atoms with Crippen molar-refractivity contribution in [1.82, 2.24) is 4.31 Å². The van der Waals surface area contributed by atoms with Gasteiger partial charge in [-0.05, 0) is 36.8 Å². The number of halogens is 3. The molecule has 3 rings (SSSR count). The molecule has 0 aliphatic carbocycles. The number of anilines is 1. The first-order valence-corrected chi connectivity index (χ1v) is 11.4. The third-order valence-electron chi connectivity index (χ3n) is 5.45. The molecule has 1 aliphatic heterocycles. The number of sulfonamides is 1. The lowest BCUT2D eigenvalue weighted by molar-refractivity contribution is -0.277. The Balaban J connectivity index is 1.78. The van der Waals surface area contributed by atoms with E-state index in [9.17, 15) is 26.7 Å². The summed E-state index contributed by atoms with van der Waals surface area (Å²) in [5, 5.41) is 19.0. The molecule has 6 nitrogen and oxygen atoms in total. The first kappa shape index (κ1) is 23.9. The fourth-order valence-electron chi connectivity index (χ4n) is 3.61. The van der Waals surface area contributed by atoms with E-state index in [1.54, 1.807) is 18.2 Å². The highest BCUT2D eigenvalue weighted by Gasteiger charge is 2.54. The van der Waals surface area contributed by atoms with Gasteiger partial charge in [-0.25, -0.2) is 8.42 Å². The molecule has 0 radical (unpaired) electrons. The number of rotatable bonds is 5. The highest BCUT2D eigenvalue weighted by Crippen LogP contribution is 2.39. The second-order valence-electron chi connectivity index (χ2n) is 7.44. The Bertz CT molecular complexity index is 1030. The number of alkyl halides is 3. The summed E-state index contributed by atoms with van der Waals surface area (Å²) >= 11 is 4.23. The number of hydrogen-bond acceptors (Lipinski definition) is 6. The van der Waals surface area contributed by atoms with E-state index in [0.717, 1.165) is 12.1 Å². The van der Waals surface area contributed by atoms with Gasteiger partial charge in [0.25, 0.3) is 0 Å². The van der Waals surface area contributed by atoms with Crippen LogP contribution in [0.5, 0.6) is 0 Å². The summed E-state index contributed by atoms with van der Waals surface area (Å²) in [6.45, 7) is 1.05. The number of thiol groups is 1. The zero-order valence-electron chi connectivity index (χ0n) is 16.6. The third kappa shape index (κ3) is 4.42. The normalized spacial score (nSPS) is 20.5. The Morgan fingerprint density at radius 1 is 1.10 bits per heavy atom. The molecule has 2 atom stereocenters. The first-order chi connectivity index (χ1) is 14.4. The van der Waals surface area contributed by atoms with E-state index < -0.39 is 34.0 Å². The van der Waals surface area contributed by atoms with Crippen molar-refractivity contribution in [3.8, 4) is 0 Å². The summed E-state index contributed by atoms with van der Waals surface area (Å²) in [7, 11) is -3.73. The average Bonchev–Trinajstić information content (AvgIpc) is 2.72. The van der Waals surface area contributed by atoms with E-state index in [0.29, 0.717) is 17.1 Å². The standard InChI is InChI=1S/C20H23F3N2O4S2/c1-14-12-24(31(28,29)18-5-3-2-4-17(18)30)10-11-25(14)16-8-6-15(7-9-16)19(27,13-26)20(21,22)23/h2-9,14,26-27,30H,10-13H2,1H3/t14-,19+/m0/s1. The van der Waals surface area contributed by atoms with Crippen LogP contribution in [-0.4, -0.2) is 61.4 Å². The molecule has 2 aromatic rings. The molecule has 1 aliphatic rings. The largest absolute Gasteiger partial charge is 0.423 e. The number of aliphatic hydroxyl groups excluding tert-OH is 1. The quantitative estimate of drug-likeness (QED) is 0.578. The lowest BCUT2D eigenvalue weighted by Gasteiger charge is -2.41. The van der Waals surface area contributed by atoms with Gasteiger partial charge in [0.2, 0.25) is 15.6 Å². The van der Waals surface area contributed by atoms with Crippen LogP contribution in [0.15, 0.2) is 58.3 Å². The third-order valence-corrected chi connectivity index (χ3v) is 7.91. The van der Waals surface area contributed by atoms with E-state index in [1.165, 1.54) is 22.5 Å². The van der Waals surface area contributed by atoms with Gasteiger partial charge in [-0.3, -0.25) is 0 Å². The second kappa shape index (κ2) is 8.62. The van der Waals surface area contributed by atoms with Gasteiger partial charge in [-0.1, -0.05) is 24.3 Å². The zero-order chi connectivity index (χ0) is 23.0. The van der Waals surface area contributed by atoms with Crippen molar-refractivity contribution < 1.29 is 31.8 Å². The molecule has 2 N–H and O–H groups in total. The van der Waals surface area contributed by atoms with Crippen LogP contribution >= 0.6 is 12.6 Å². The van der Waals surface area contributed by atoms with Crippen molar-refractivity contribution in [2.24, 2.45) is 0 Å². The molecule has 0 saturated carbocycles. The summed E-state index contributed by atoms with van der Waals surface area (Å²) in [4.78, 5) is 2.36. The van der Waals surface area contributed by atoms with Crippen molar-refractivity contribution in [1.29, 1.82) is 0 Å². The molecule has 0 unspecified atom stereocenters. The minimum atomic E-state index is -5.03. The number of nitrogens with zero attached hydrogens (tertiary/aromatic N) is 2. The van der Waals surface area contributed by atoms with Crippen LogP contribution in [0.2, 0.25) is 0 Å². The molecule has 0 spiro atoms. The van der Waals surface area contributed by atoms with Gasteiger partial charge in [0.05, 0.1) is 11.5 Å². The lowest BCUT2D eigenvalue weighted by Crippen LogP contribution is -2.53. The van der Waals surface area contributed by atoms with Crippen LogP contribution in [0.3, 0.4) is 0 Å². The molecule has 1 saturated heterocycles. The monoisotopic (exact) mass is 476 g/mol. The maximum atomic E-state index is 13.1. The molecule has 11 heteroatoms. The number of hydrogen-bond donors (Lipinski definition) is 3. The predicted octanol–water partition coefficient (Wildman–Crippen LogP) is 2.62. The molecule has 1 heterocycles. The summed E-state index contributed by atoms with van der Waals surface area (Å²) in [5.41, 5.74) is -3.22. The van der Waals surface area contributed by atoms with Crippen molar-refractivity contribution in [2.45, 2.75) is 34.5 Å². The molecule has 0 bridgehead atoms. The lowest BCUT2D eigenvalue weighted by atomic mass is 9.93. The molecular formula is C20H23F3N2O4S2. The van der Waals surface area contributed by atoms with E-state index in [2.05, 4.69) is 12.6 Å². The SMILES string of the molecule is C[C@H]1CN(S(=O)(=O)c2ccccc2S)CCN1c1ccc([C@](O)(CO)C(F)(F)F)cc1. The highest BCUT2D eigenvalue weighted by molar-refractivity contribution is 7.90. The number of aliphatic hydroxyl groups is 2. The topological polar surface area (TPSA) is 81.1 Å². The van der Waals surface area contributed by atoms with Crippen LogP contribution in [0.25, 0.3) is 0 Å². The first-order valence-electron chi connectivity index (χ1n) is 9.47. The van der Waals surface area contributed by atoms with Crippen molar-refractivity contribution in [2.75, 3.05) is 31.1 Å². The fourth-order valence-corrected chi connectivity index (χ4v) is 5.72. The smallest absolute Gasteiger partial charge is 0.393 e. The summed E-state index contributed by atoms with van der Waals surface area (Å²) in [6, 6.07) is 11.3. The molecule has 1 fully saturated rings. The highest BCUT2D eigenvalue weighted by atomic mass is 32.2. The minimum Gasteiger partial charge on any atom is -0.393 e. The fraction of sp³-hybridized carbons (Fsp3) is 0.400. The molecule has 31 heavy (non-hydrogen) atoms. The van der Waals surface area contributed by atoms with E-state index in [-0.39, 0.29) is 24.0 Å². The van der Waals surface area contributed by atoms with Crippen molar-refractivity contribution in [3.63, 3.8) is 0 Å². The second-order valence-corrected chi connectivity index (χ2v) is 9.82. The van der Waals surface area contributed by atoms with Gasteiger partial charge in [0.1, 0.15) is 0 Å². The van der Waals surface area contributed by atoms with Crippen molar-refractivity contribution in [3.05, 3.63) is 54.1 Å². The van der Waals surface area contributed by atoms with E-state index in [4.69, 9.17) is 5.11 Å². The van der Waals surface area contributed by atoms with Gasteiger partial charge in [0.15, 0.2) is 0 Å². The Hall–Kier alpha value is -1.79. The maximum Gasteiger partial charge on any atom is 0.423 e. The van der Waals surface area contributed by atoms with Crippen LogP contribution in [-0.2, 0) is 15.6 Å². The number of piperazine rings is 1. The maximum absolute atomic E-state index is 13.1. The van der Waals surface area contributed by atoms with Crippen LogP contribution < -0.4 is 4.90 Å². The predicted molar refractivity (Wildman–Crippen MR) is 113 cm³/mol. The van der Waals surface area contributed by atoms with Gasteiger partial charge in [-0.15, -0.1) is 12.6 Å². The number of benzene rings is 2. The molecule has 170 valence electrons. The molecular weight excluding hydrogens is 453 g/mol. The van der Waals surface area contributed by atoms with E-state index >= 15 is 0 Å². The van der Waals surface area contributed by atoms with Gasteiger partial charge >= 0.3 is 6.18 Å². The van der Waals surface area contributed by atoms with Crippen molar-refractivity contribution >= 4 is 28.3 Å². The van der Waals surface area contributed by atoms with Gasteiger partial charge in [0, 0.05) is 36.3 Å². The average molecular weight is 477 g/mol. The molecule has 0 amide bonds.